The molecule has 0 saturated carbocycles. The predicted octanol–water partition coefficient (Wildman–Crippen LogP) is 1.69. The average molecular weight is 263 g/mol. The van der Waals surface area contributed by atoms with E-state index in [0.717, 1.165) is 6.54 Å². The number of rotatable bonds is 5. The molecule has 1 aromatic rings. The minimum atomic E-state index is -0.555. The van der Waals surface area contributed by atoms with Crippen molar-refractivity contribution in [2.75, 3.05) is 26.4 Å². The van der Waals surface area contributed by atoms with Crippen molar-refractivity contribution in [3.8, 4) is 0 Å². The molecule has 0 aliphatic heterocycles. The van der Waals surface area contributed by atoms with Gasteiger partial charge in [0.1, 0.15) is 6.33 Å². The van der Waals surface area contributed by atoms with Gasteiger partial charge in [0.05, 0.1) is 4.92 Å². The number of halogens is 1. The minimum Gasteiger partial charge on any atom is -0.309 e. The second-order valence-corrected chi connectivity index (χ2v) is 4.67. The lowest BCUT2D eigenvalue weighted by Gasteiger charge is -2.08. The van der Waals surface area contributed by atoms with Crippen molar-refractivity contribution in [3.63, 3.8) is 0 Å². The van der Waals surface area contributed by atoms with E-state index in [-0.39, 0.29) is 10.8 Å². The van der Waals surface area contributed by atoms with Gasteiger partial charge in [-0.2, -0.15) is 0 Å². The number of hydrogen-bond donors (Lipinski definition) is 0. The van der Waals surface area contributed by atoms with Crippen LogP contribution in [0.4, 0.5) is 5.69 Å². The molecule has 0 aliphatic carbocycles. The Hall–Kier alpha value is -0.920. The molecule has 0 bridgehead atoms. The molecule has 0 radical (unpaired) electrons. The average Bonchev–Trinajstić information content (AvgIpc) is 2.16. The van der Waals surface area contributed by atoms with Gasteiger partial charge >= 0.3 is 5.69 Å². The maximum atomic E-state index is 10.8. The van der Waals surface area contributed by atoms with E-state index in [1.165, 1.54) is 18.1 Å². The van der Waals surface area contributed by atoms with Crippen LogP contribution in [0.1, 0.15) is 0 Å². The van der Waals surface area contributed by atoms with Gasteiger partial charge < -0.3 is 4.90 Å². The fraction of sp³-hybridized carbons (Fsp3) is 0.500. The number of thioether (sulfide) groups is 1. The summed E-state index contributed by atoms with van der Waals surface area (Å²) in [6.07, 6.45) is 1.23. The van der Waals surface area contributed by atoms with Crippen LogP contribution in [0.2, 0.25) is 5.15 Å². The number of hydrogen-bond acceptors (Lipinski definition) is 6. The summed E-state index contributed by atoms with van der Waals surface area (Å²) >= 11 is 6.95. The molecule has 6 nitrogen and oxygen atoms in total. The SMILES string of the molecule is CN(C)CCSc1ncnc(Cl)c1[N+](=O)[O-]. The lowest BCUT2D eigenvalue weighted by Crippen LogP contribution is -2.15. The molecule has 1 rings (SSSR count). The van der Waals surface area contributed by atoms with Crippen LogP contribution in [0.3, 0.4) is 0 Å². The molecular weight excluding hydrogens is 252 g/mol. The maximum absolute atomic E-state index is 10.8. The Bertz CT molecular complexity index is 388. The summed E-state index contributed by atoms with van der Waals surface area (Å²) in [6.45, 7) is 0.809. The molecule has 0 N–H and O–H groups in total. The largest absolute Gasteiger partial charge is 0.338 e. The molecule has 8 heteroatoms. The third kappa shape index (κ3) is 3.58. The van der Waals surface area contributed by atoms with Gasteiger partial charge in [-0.25, -0.2) is 9.97 Å². The fourth-order valence-corrected chi connectivity index (χ4v) is 2.26. The van der Waals surface area contributed by atoms with Crippen molar-refractivity contribution in [1.29, 1.82) is 0 Å². The van der Waals surface area contributed by atoms with Crippen LogP contribution in [0, 0.1) is 10.1 Å². The molecule has 0 amide bonds. The molecule has 16 heavy (non-hydrogen) atoms. The topological polar surface area (TPSA) is 72.2 Å². The quantitative estimate of drug-likeness (QED) is 0.348. The first-order valence-electron chi connectivity index (χ1n) is 4.44. The highest BCUT2D eigenvalue weighted by atomic mass is 35.5. The van der Waals surface area contributed by atoms with Gasteiger partial charge in [0.25, 0.3) is 0 Å². The van der Waals surface area contributed by atoms with E-state index in [2.05, 4.69) is 9.97 Å². The summed E-state index contributed by atoms with van der Waals surface area (Å²) in [7, 11) is 3.86. The van der Waals surface area contributed by atoms with Crippen molar-refractivity contribution in [2.45, 2.75) is 5.03 Å². The zero-order valence-electron chi connectivity index (χ0n) is 8.88. The first-order valence-corrected chi connectivity index (χ1v) is 5.81. The van der Waals surface area contributed by atoms with Crippen LogP contribution in [-0.4, -0.2) is 46.2 Å². The van der Waals surface area contributed by atoms with E-state index in [1.54, 1.807) is 0 Å². The lowest BCUT2D eigenvalue weighted by atomic mass is 10.5. The second kappa shape index (κ2) is 5.97. The molecule has 0 unspecified atom stereocenters. The van der Waals surface area contributed by atoms with Crippen LogP contribution in [0.15, 0.2) is 11.4 Å². The zero-order chi connectivity index (χ0) is 12.1. The molecule has 0 saturated heterocycles. The lowest BCUT2D eigenvalue weighted by molar-refractivity contribution is -0.388. The first kappa shape index (κ1) is 13.1. The summed E-state index contributed by atoms with van der Waals surface area (Å²) in [5.41, 5.74) is -0.215. The third-order valence-corrected chi connectivity index (χ3v) is 2.94. The van der Waals surface area contributed by atoms with Gasteiger partial charge in [0.15, 0.2) is 5.03 Å². The molecule has 0 atom stereocenters. The molecule has 1 aromatic heterocycles. The highest BCUT2D eigenvalue weighted by molar-refractivity contribution is 7.99. The molecule has 0 spiro atoms. The summed E-state index contributed by atoms with van der Waals surface area (Å²) in [5, 5.41) is 11.0. The van der Waals surface area contributed by atoms with Crippen LogP contribution in [0.25, 0.3) is 0 Å². The van der Waals surface area contributed by atoms with E-state index in [0.29, 0.717) is 10.8 Å². The Morgan fingerprint density at radius 3 is 2.81 bits per heavy atom. The first-order chi connectivity index (χ1) is 7.52. The maximum Gasteiger partial charge on any atom is 0.338 e. The van der Waals surface area contributed by atoms with Crippen molar-refractivity contribution in [1.82, 2.24) is 14.9 Å². The van der Waals surface area contributed by atoms with E-state index < -0.39 is 4.92 Å². The number of aromatic nitrogens is 2. The Morgan fingerprint density at radius 1 is 1.56 bits per heavy atom. The molecule has 0 fully saturated rings. The third-order valence-electron chi connectivity index (χ3n) is 1.70. The van der Waals surface area contributed by atoms with Crippen LogP contribution >= 0.6 is 23.4 Å². The fourth-order valence-electron chi connectivity index (χ4n) is 0.926. The van der Waals surface area contributed by atoms with Gasteiger partial charge in [-0.1, -0.05) is 23.4 Å². The summed E-state index contributed by atoms with van der Waals surface area (Å²) < 4.78 is 0. The van der Waals surface area contributed by atoms with E-state index in [9.17, 15) is 10.1 Å². The normalized spacial score (nSPS) is 10.8. The Kier molecular flexibility index (Phi) is 4.91. The van der Waals surface area contributed by atoms with Crippen molar-refractivity contribution >= 4 is 29.1 Å². The van der Waals surface area contributed by atoms with Crippen LogP contribution in [-0.2, 0) is 0 Å². The molecular formula is C8H11ClN4O2S. The van der Waals surface area contributed by atoms with Crippen LogP contribution in [0.5, 0.6) is 0 Å². The van der Waals surface area contributed by atoms with E-state index >= 15 is 0 Å². The highest BCUT2D eigenvalue weighted by Crippen LogP contribution is 2.31. The second-order valence-electron chi connectivity index (χ2n) is 3.23. The number of nitrogens with zero attached hydrogens (tertiary/aromatic N) is 4. The van der Waals surface area contributed by atoms with E-state index in [4.69, 9.17) is 11.6 Å². The molecule has 1 heterocycles. The number of nitro groups is 1. The zero-order valence-corrected chi connectivity index (χ0v) is 10.5. The Balaban J connectivity index is 2.79. The van der Waals surface area contributed by atoms with Crippen molar-refractivity contribution < 1.29 is 4.92 Å². The standard InChI is InChI=1S/C8H11ClN4O2S/c1-12(2)3-4-16-8-6(13(14)15)7(9)10-5-11-8/h5H,3-4H2,1-2H3. The Labute approximate surface area is 102 Å². The van der Waals surface area contributed by atoms with Gasteiger partial charge in [0, 0.05) is 12.3 Å². The van der Waals surface area contributed by atoms with Gasteiger partial charge in [-0.05, 0) is 14.1 Å². The monoisotopic (exact) mass is 262 g/mol. The molecule has 0 aromatic carbocycles. The van der Waals surface area contributed by atoms with Crippen LogP contribution < -0.4 is 0 Å². The summed E-state index contributed by atoms with van der Waals surface area (Å²) in [5.74, 6) is 0.710. The van der Waals surface area contributed by atoms with Gasteiger partial charge in [-0.15, -0.1) is 0 Å². The van der Waals surface area contributed by atoms with Crippen molar-refractivity contribution in [2.24, 2.45) is 0 Å². The Morgan fingerprint density at radius 2 is 2.25 bits per heavy atom. The molecule has 0 aliphatic rings. The van der Waals surface area contributed by atoms with E-state index in [1.807, 2.05) is 19.0 Å². The van der Waals surface area contributed by atoms with Gasteiger partial charge in [0.2, 0.25) is 5.15 Å². The minimum absolute atomic E-state index is 0.118. The predicted molar refractivity (Wildman–Crippen MR) is 63.0 cm³/mol. The summed E-state index contributed by atoms with van der Waals surface area (Å²) in [6, 6.07) is 0. The summed E-state index contributed by atoms with van der Waals surface area (Å²) in [4.78, 5) is 19.6. The highest BCUT2D eigenvalue weighted by Gasteiger charge is 2.21. The van der Waals surface area contributed by atoms with Crippen molar-refractivity contribution in [3.05, 3.63) is 21.6 Å². The molecule has 88 valence electrons. The van der Waals surface area contributed by atoms with Gasteiger partial charge in [-0.3, -0.25) is 10.1 Å². The smallest absolute Gasteiger partial charge is 0.309 e.